The molecule has 110 valence electrons. The molecule has 0 saturated carbocycles. The van der Waals surface area contributed by atoms with Crippen LogP contribution in [-0.2, 0) is 0 Å². The van der Waals surface area contributed by atoms with E-state index >= 15 is 0 Å². The van der Waals surface area contributed by atoms with Crippen molar-refractivity contribution in [3.8, 4) is 0 Å². The summed E-state index contributed by atoms with van der Waals surface area (Å²) in [6, 6.07) is 0. The van der Waals surface area contributed by atoms with Gasteiger partial charge in [-0.2, -0.15) is 13.5 Å². The molecule has 1 heterocycles. The highest BCUT2D eigenvalue weighted by molar-refractivity contribution is 7.59. The Balaban J connectivity index is -0.000000210. The van der Waals surface area contributed by atoms with E-state index in [2.05, 4.69) is 43.3 Å². The van der Waals surface area contributed by atoms with Gasteiger partial charge in [-0.3, -0.25) is 0 Å². The van der Waals surface area contributed by atoms with Crippen LogP contribution in [0, 0.1) is 0 Å². The summed E-state index contributed by atoms with van der Waals surface area (Å²) in [7, 11) is 7.40. The number of nitrogens with zero attached hydrogens (tertiary/aromatic N) is 1. The summed E-state index contributed by atoms with van der Waals surface area (Å²) in [6.45, 7) is 15.1. The highest BCUT2D eigenvalue weighted by atomic mass is 32.1. The zero-order valence-electron chi connectivity index (χ0n) is 13.3. The number of rotatable bonds is 3. The molecule has 1 fully saturated rings. The molecule has 5 heteroatoms. The molecule has 0 bridgehead atoms. The summed E-state index contributed by atoms with van der Waals surface area (Å²) in [5, 5.41) is 6.02. The first-order valence-corrected chi connectivity index (χ1v) is 6.89. The largest absolute Gasteiger partial charge is 0.362 e. The van der Waals surface area contributed by atoms with E-state index in [0.717, 1.165) is 19.5 Å². The van der Waals surface area contributed by atoms with E-state index in [4.69, 9.17) is 7.98 Å². The Labute approximate surface area is 123 Å². The smallest absolute Gasteiger partial charge is 0.178 e. The van der Waals surface area contributed by atoms with Gasteiger partial charge in [-0.25, -0.2) is 0 Å². The summed E-state index contributed by atoms with van der Waals surface area (Å²) in [4.78, 5) is 2.33. The van der Waals surface area contributed by atoms with Crippen LogP contribution in [0.5, 0.6) is 0 Å². The summed E-state index contributed by atoms with van der Waals surface area (Å²) in [5.41, 5.74) is 0.120. The third-order valence-corrected chi connectivity index (χ3v) is 2.61. The van der Waals surface area contributed by atoms with E-state index < -0.39 is 0 Å². The van der Waals surface area contributed by atoms with E-state index in [9.17, 15) is 0 Å². The molecule has 1 aliphatic rings. The molecule has 1 saturated heterocycles. The third-order valence-electron chi connectivity index (χ3n) is 2.61. The Bertz CT molecular complexity index is 151. The molecule has 0 unspecified atom stereocenters. The van der Waals surface area contributed by atoms with Gasteiger partial charge in [-0.05, 0) is 27.3 Å². The van der Waals surface area contributed by atoms with Crippen LogP contribution in [-0.4, -0.2) is 51.6 Å². The van der Waals surface area contributed by atoms with E-state index in [-0.39, 0.29) is 19.0 Å². The van der Waals surface area contributed by atoms with Gasteiger partial charge < -0.3 is 15.4 Å². The Hall–Kier alpha value is 0.295. The first kappa shape index (κ1) is 23.4. The van der Waals surface area contributed by atoms with Crippen LogP contribution in [0.25, 0.3) is 0 Å². The van der Waals surface area contributed by atoms with E-state index in [1.165, 1.54) is 19.5 Å². The number of hydrogen-bond acceptors (Lipinski definition) is 3. The topological polar surface area (TPSA) is 27.3 Å². The fourth-order valence-corrected chi connectivity index (χ4v) is 1.47. The average molecular weight is 275 g/mol. The normalized spacial score (nSPS) is 15.4. The van der Waals surface area contributed by atoms with Crippen molar-refractivity contribution in [1.29, 1.82) is 0 Å². The zero-order chi connectivity index (χ0) is 13.7. The molecule has 3 nitrogen and oxygen atoms in total. The maximum atomic E-state index is 5.24. The molecule has 2 N–H and O–H groups in total. The molecule has 1 aliphatic heterocycles. The minimum absolute atomic E-state index is 0. The average Bonchev–Trinajstić information content (AvgIpc) is 2.33. The van der Waals surface area contributed by atoms with Crippen molar-refractivity contribution in [2.45, 2.75) is 53.0 Å². The Morgan fingerprint density at radius 3 is 1.83 bits per heavy atom. The van der Waals surface area contributed by atoms with Gasteiger partial charge in [0.15, 0.2) is 7.98 Å². The van der Waals surface area contributed by atoms with Crippen LogP contribution in [0.2, 0.25) is 0 Å². The van der Waals surface area contributed by atoms with Crippen molar-refractivity contribution >= 4 is 21.5 Å². The quantitative estimate of drug-likeness (QED) is 0.770. The zero-order valence-corrected chi connectivity index (χ0v) is 14.3. The predicted octanol–water partition coefficient (Wildman–Crippen LogP) is 1.90. The van der Waals surface area contributed by atoms with Crippen molar-refractivity contribution in [2.24, 2.45) is 0 Å². The SMILES string of the molecule is CC.CN1CCNCC1.S.[B]NC(C)(C)CCC. The molecule has 1 rings (SSSR count). The van der Waals surface area contributed by atoms with Crippen LogP contribution in [0.1, 0.15) is 47.5 Å². The van der Waals surface area contributed by atoms with Crippen LogP contribution >= 0.6 is 13.5 Å². The van der Waals surface area contributed by atoms with Crippen molar-refractivity contribution in [3.05, 3.63) is 0 Å². The third kappa shape index (κ3) is 16.3. The van der Waals surface area contributed by atoms with E-state index in [1.54, 1.807) is 0 Å². The maximum Gasteiger partial charge on any atom is 0.178 e. The van der Waals surface area contributed by atoms with Crippen molar-refractivity contribution in [3.63, 3.8) is 0 Å². The van der Waals surface area contributed by atoms with Gasteiger partial charge in [-0.1, -0.05) is 27.2 Å². The van der Waals surface area contributed by atoms with Crippen LogP contribution in [0.4, 0.5) is 0 Å². The van der Waals surface area contributed by atoms with Crippen molar-refractivity contribution in [2.75, 3.05) is 33.2 Å². The molecule has 18 heavy (non-hydrogen) atoms. The Kier molecular flexibility index (Phi) is 20.0. The van der Waals surface area contributed by atoms with E-state index in [1.807, 2.05) is 13.8 Å². The number of nitrogens with one attached hydrogen (secondary N) is 2. The number of piperazine rings is 1. The van der Waals surface area contributed by atoms with Crippen LogP contribution < -0.4 is 10.5 Å². The van der Waals surface area contributed by atoms with E-state index in [0.29, 0.717) is 0 Å². The summed E-state index contributed by atoms with van der Waals surface area (Å²) in [6.07, 6.45) is 2.31. The Morgan fingerprint density at radius 2 is 1.67 bits per heavy atom. The molecular weight excluding hydrogens is 241 g/mol. The maximum absolute atomic E-state index is 5.24. The lowest BCUT2D eigenvalue weighted by molar-refractivity contribution is 0.291. The highest BCUT2D eigenvalue weighted by Crippen LogP contribution is 2.08. The first-order chi connectivity index (χ1) is 8.02. The van der Waals surface area contributed by atoms with Crippen molar-refractivity contribution in [1.82, 2.24) is 15.4 Å². The van der Waals surface area contributed by atoms with Gasteiger partial charge >= 0.3 is 0 Å². The molecule has 0 atom stereocenters. The summed E-state index contributed by atoms with van der Waals surface area (Å²) >= 11 is 0. The van der Waals surface area contributed by atoms with Gasteiger partial charge in [0.2, 0.25) is 0 Å². The highest BCUT2D eigenvalue weighted by Gasteiger charge is 2.10. The minimum Gasteiger partial charge on any atom is -0.362 e. The fraction of sp³-hybridized carbons (Fsp3) is 1.00. The molecule has 0 amide bonds. The molecule has 0 aromatic carbocycles. The second kappa shape index (κ2) is 15.4. The van der Waals surface area contributed by atoms with Crippen LogP contribution in [0.3, 0.4) is 0 Å². The van der Waals surface area contributed by atoms with Gasteiger partial charge in [0.1, 0.15) is 0 Å². The van der Waals surface area contributed by atoms with Gasteiger partial charge in [0, 0.05) is 31.7 Å². The lowest BCUT2D eigenvalue weighted by atomic mass is 9.97. The standard InChI is InChI=1S/C6H14BN.C5H12N2.C2H6.H2S/c1-4-5-6(2,3)8-7;1-7-4-2-6-3-5-7;1-2;/h8H,4-5H2,1-3H3;6H,2-5H2,1H3;1-2H3;1H2. The minimum atomic E-state index is 0. The summed E-state index contributed by atoms with van der Waals surface area (Å²) in [5.74, 6) is 0. The molecular formula is C13H34BN3S. The number of likely N-dealkylation sites (N-methyl/N-ethyl adjacent to an activating group) is 1. The molecule has 0 spiro atoms. The molecule has 0 aromatic rings. The number of hydrogen-bond donors (Lipinski definition) is 2. The van der Waals surface area contributed by atoms with Crippen molar-refractivity contribution < 1.29 is 0 Å². The Morgan fingerprint density at radius 1 is 1.22 bits per heavy atom. The predicted molar refractivity (Wildman–Crippen MR) is 90.0 cm³/mol. The second-order valence-electron chi connectivity index (χ2n) is 4.83. The lowest BCUT2D eigenvalue weighted by Gasteiger charge is -2.23. The molecule has 2 radical (unpaired) electrons. The lowest BCUT2D eigenvalue weighted by Crippen LogP contribution is -2.40. The molecule has 0 aliphatic carbocycles. The fourth-order valence-electron chi connectivity index (χ4n) is 1.47. The van der Waals surface area contributed by atoms with Gasteiger partial charge in [0.25, 0.3) is 0 Å². The first-order valence-electron chi connectivity index (χ1n) is 6.89. The van der Waals surface area contributed by atoms with Crippen LogP contribution in [0.15, 0.2) is 0 Å². The monoisotopic (exact) mass is 275 g/mol. The van der Waals surface area contributed by atoms with Gasteiger partial charge in [-0.15, -0.1) is 0 Å². The molecule has 0 aromatic heterocycles. The summed E-state index contributed by atoms with van der Waals surface area (Å²) < 4.78 is 0. The van der Waals surface area contributed by atoms with Gasteiger partial charge in [0.05, 0.1) is 0 Å². The second-order valence-corrected chi connectivity index (χ2v) is 4.83.